The second kappa shape index (κ2) is 4.58. The van der Waals surface area contributed by atoms with Crippen LogP contribution >= 0.6 is 0 Å². The van der Waals surface area contributed by atoms with Gasteiger partial charge in [0.05, 0.1) is 0 Å². The number of benzene rings is 1. The Bertz CT molecular complexity index is 265. The summed E-state index contributed by atoms with van der Waals surface area (Å²) < 4.78 is 0. The molecule has 0 aromatic heterocycles. The van der Waals surface area contributed by atoms with Crippen LogP contribution in [0.15, 0.2) is 30.3 Å². The number of rotatable bonds is 3. The van der Waals surface area contributed by atoms with Gasteiger partial charge in [0.1, 0.15) is 0 Å². The van der Waals surface area contributed by atoms with Crippen molar-refractivity contribution in [2.75, 3.05) is 19.8 Å². The maximum atomic E-state index is 3.38. The molecular formula is C12H18N2. The molecule has 0 saturated carbocycles. The minimum atomic E-state index is 0.589. The molecule has 2 rings (SSSR count). The third kappa shape index (κ3) is 1.97. The molecule has 1 aromatic rings. The van der Waals surface area contributed by atoms with E-state index < -0.39 is 0 Å². The molecule has 0 spiro atoms. The second-order valence-corrected chi connectivity index (χ2v) is 3.81. The molecule has 1 aliphatic heterocycles. The zero-order valence-electron chi connectivity index (χ0n) is 8.74. The Balaban J connectivity index is 2.12. The van der Waals surface area contributed by atoms with Crippen LogP contribution in [0.2, 0.25) is 0 Å². The summed E-state index contributed by atoms with van der Waals surface area (Å²) in [6.07, 6.45) is 1.19. The fourth-order valence-electron chi connectivity index (χ4n) is 2.17. The van der Waals surface area contributed by atoms with Crippen molar-refractivity contribution < 1.29 is 0 Å². The van der Waals surface area contributed by atoms with Crippen molar-refractivity contribution in [1.29, 1.82) is 0 Å². The van der Waals surface area contributed by atoms with E-state index in [1.807, 2.05) is 0 Å². The summed E-state index contributed by atoms with van der Waals surface area (Å²) in [6.45, 7) is 5.60. The standard InChI is InChI=1S/C12H18N2/c1-2-12(14-9-8-13-10-14)11-6-4-3-5-7-11/h3-7,12-13H,2,8-10H2,1H3. The quantitative estimate of drug-likeness (QED) is 0.784. The first-order valence-corrected chi connectivity index (χ1v) is 5.41. The van der Waals surface area contributed by atoms with Gasteiger partial charge in [-0.05, 0) is 12.0 Å². The summed E-state index contributed by atoms with van der Waals surface area (Å²) >= 11 is 0. The predicted molar refractivity (Wildman–Crippen MR) is 59.0 cm³/mol. The highest BCUT2D eigenvalue weighted by Gasteiger charge is 2.20. The van der Waals surface area contributed by atoms with Gasteiger partial charge in [0, 0.05) is 25.8 Å². The van der Waals surface area contributed by atoms with Crippen LogP contribution in [0.25, 0.3) is 0 Å². The minimum Gasteiger partial charge on any atom is -0.303 e. The van der Waals surface area contributed by atoms with Crippen LogP contribution in [0.5, 0.6) is 0 Å². The van der Waals surface area contributed by atoms with Gasteiger partial charge in [-0.25, -0.2) is 0 Å². The number of hydrogen-bond acceptors (Lipinski definition) is 2. The lowest BCUT2D eigenvalue weighted by atomic mass is 10.0. The molecule has 1 atom stereocenters. The fraction of sp³-hybridized carbons (Fsp3) is 0.500. The first-order valence-electron chi connectivity index (χ1n) is 5.41. The van der Waals surface area contributed by atoms with E-state index in [1.54, 1.807) is 0 Å². The van der Waals surface area contributed by atoms with Crippen LogP contribution in [-0.2, 0) is 0 Å². The summed E-state index contributed by atoms with van der Waals surface area (Å²) in [6, 6.07) is 11.4. The Morgan fingerprint density at radius 2 is 2.14 bits per heavy atom. The van der Waals surface area contributed by atoms with E-state index in [9.17, 15) is 0 Å². The van der Waals surface area contributed by atoms with Gasteiger partial charge in [-0.2, -0.15) is 0 Å². The van der Waals surface area contributed by atoms with Crippen LogP contribution in [0.1, 0.15) is 24.9 Å². The molecule has 0 aliphatic carbocycles. The molecule has 76 valence electrons. The molecule has 2 nitrogen and oxygen atoms in total. The molecule has 1 fully saturated rings. The van der Waals surface area contributed by atoms with E-state index in [-0.39, 0.29) is 0 Å². The molecule has 1 heterocycles. The van der Waals surface area contributed by atoms with Gasteiger partial charge in [0.15, 0.2) is 0 Å². The van der Waals surface area contributed by atoms with Crippen molar-refractivity contribution in [1.82, 2.24) is 10.2 Å². The van der Waals surface area contributed by atoms with Crippen molar-refractivity contribution in [3.05, 3.63) is 35.9 Å². The monoisotopic (exact) mass is 190 g/mol. The Labute approximate surface area is 85.9 Å². The van der Waals surface area contributed by atoms with E-state index in [0.717, 1.165) is 13.2 Å². The first-order chi connectivity index (χ1) is 6.92. The van der Waals surface area contributed by atoms with E-state index in [0.29, 0.717) is 6.04 Å². The average Bonchev–Trinajstić information content (AvgIpc) is 2.74. The molecule has 1 aliphatic rings. The normalized spacial score (nSPS) is 19.8. The average molecular weight is 190 g/mol. The molecule has 0 amide bonds. The highest BCUT2D eigenvalue weighted by atomic mass is 15.3. The van der Waals surface area contributed by atoms with Gasteiger partial charge >= 0.3 is 0 Å². The van der Waals surface area contributed by atoms with Gasteiger partial charge in [-0.15, -0.1) is 0 Å². The highest BCUT2D eigenvalue weighted by molar-refractivity contribution is 5.19. The zero-order chi connectivity index (χ0) is 9.80. The largest absolute Gasteiger partial charge is 0.303 e. The van der Waals surface area contributed by atoms with Crippen LogP contribution in [0.4, 0.5) is 0 Å². The Hall–Kier alpha value is -0.860. The number of hydrogen-bond donors (Lipinski definition) is 1. The Morgan fingerprint density at radius 3 is 2.71 bits per heavy atom. The zero-order valence-corrected chi connectivity index (χ0v) is 8.74. The molecule has 0 bridgehead atoms. The van der Waals surface area contributed by atoms with Crippen LogP contribution < -0.4 is 5.32 Å². The van der Waals surface area contributed by atoms with E-state index in [4.69, 9.17) is 0 Å². The van der Waals surface area contributed by atoms with Gasteiger partial charge in [0.2, 0.25) is 0 Å². The molecule has 1 unspecified atom stereocenters. The summed E-state index contributed by atoms with van der Waals surface area (Å²) in [5.74, 6) is 0. The van der Waals surface area contributed by atoms with Crippen LogP contribution in [0.3, 0.4) is 0 Å². The summed E-state index contributed by atoms with van der Waals surface area (Å²) in [5.41, 5.74) is 1.44. The molecular weight excluding hydrogens is 172 g/mol. The number of nitrogens with zero attached hydrogens (tertiary/aromatic N) is 1. The van der Waals surface area contributed by atoms with Gasteiger partial charge < -0.3 is 5.32 Å². The van der Waals surface area contributed by atoms with Crippen molar-refractivity contribution in [3.8, 4) is 0 Å². The molecule has 1 saturated heterocycles. The van der Waals surface area contributed by atoms with Gasteiger partial charge in [-0.1, -0.05) is 37.3 Å². The summed E-state index contributed by atoms with van der Waals surface area (Å²) in [5, 5.41) is 3.38. The third-order valence-electron chi connectivity index (χ3n) is 2.90. The van der Waals surface area contributed by atoms with Crippen molar-refractivity contribution in [3.63, 3.8) is 0 Å². The van der Waals surface area contributed by atoms with E-state index in [2.05, 4.69) is 47.5 Å². The lowest BCUT2D eigenvalue weighted by Gasteiger charge is -2.25. The Kier molecular flexibility index (Phi) is 3.17. The maximum Gasteiger partial charge on any atom is 0.0487 e. The molecule has 1 N–H and O–H groups in total. The predicted octanol–water partition coefficient (Wildman–Crippen LogP) is 2.00. The summed E-state index contributed by atoms with van der Waals surface area (Å²) in [7, 11) is 0. The van der Waals surface area contributed by atoms with E-state index >= 15 is 0 Å². The SMILES string of the molecule is CCC(c1ccccc1)N1CCNC1. The highest BCUT2D eigenvalue weighted by Crippen LogP contribution is 2.23. The Morgan fingerprint density at radius 1 is 1.36 bits per heavy atom. The van der Waals surface area contributed by atoms with Crippen LogP contribution in [-0.4, -0.2) is 24.7 Å². The molecule has 2 heteroatoms. The lowest BCUT2D eigenvalue weighted by Crippen LogP contribution is -2.27. The fourth-order valence-corrected chi connectivity index (χ4v) is 2.17. The topological polar surface area (TPSA) is 15.3 Å². The summed E-state index contributed by atoms with van der Waals surface area (Å²) in [4.78, 5) is 2.51. The smallest absolute Gasteiger partial charge is 0.0487 e. The van der Waals surface area contributed by atoms with Crippen molar-refractivity contribution >= 4 is 0 Å². The van der Waals surface area contributed by atoms with Crippen LogP contribution in [0, 0.1) is 0 Å². The molecule has 14 heavy (non-hydrogen) atoms. The molecule has 0 radical (unpaired) electrons. The van der Waals surface area contributed by atoms with Gasteiger partial charge in [-0.3, -0.25) is 4.90 Å². The second-order valence-electron chi connectivity index (χ2n) is 3.81. The number of nitrogens with one attached hydrogen (secondary N) is 1. The first kappa shape index (κ1) is 9.69. The minimum absolute atomic E-state index is 0.589. The maximum absolute atomic E-state index is 3.38. The lowest BCUT2D eigenvalue weighted by molar-refractivity contribution is 0.237. The molecule has 1 aromatic carbocycles. The van der Waals surface area contributed by atoms with Crippen molar-refractivity contribution in [2.45, 2.75) is 19.4 Å². The van der Waals surface area contributed by atoms with Gasteiger partial charge in [0.25, 0.3) is 0 Å². The van der Waals surface area contributed by atoms with Crippen molar-refractivity contribution in [2.24, 2.45) is 0 Å². The van der Waals surface area contributed by atoms with E-state index in [1.165, 1.54) is 18.5 Å². The third-order valence-corrected chi connectivity index (χ3v) is 2.90.